The molecular formula is C15H12Cl3N3O2. The Morgan fingerprint density at radius 3 is 2.13 bits per heavy atom. The van der Waals surface area contributed by atoms with Crippen LogP contribution in [0, 0.1) is 0 Å². The minimum absolute atomic E-state index is 0.159. The molecule has 23 heavy (non-hydrogen) atoms. The number of nitrogens with two attached hydrogens (primary N) is 2. The molecule has 0 saturated carbocycles. The van der Waals surface area contributed by atoms with Gasteiger partial charge in [-0.2, -0.15) is 4.99 Å². The standard InChI is InChI=1S/C15H12Cl3N3O2/c16-10-3-1-8(2-4-10)7-23-13-11(17)5-9(6-12(13)18)14(22)21-15(19)20/h1-6H,7H2,(H4,19,20,21,22). The fraction of sp³-hybridized carbons (Fsp3) is 0.0667. The second-order valence-corrected chi connectivity index (χ2v) is 5.78. The van der Waals surface area contributed by atoms with Crippen LogP contribution < -0.4 is 16.2 Å². The smallest absolute Gasteiger partial charge is 0.280 e. The number of halogens is 3. The Balaban J connectivity index is 2.18. The van der Waals surface area contributed by atoms with Crippen molar-refractivity contribution in [3.63, 3.8) is 0 Å². The third-order valence-corrected chi connectivity index (χ3v) is 3.59. The van der Waals surface area contributed by atoms with Gasteiger partial charge < -0.3 is 16.2 Å². The van der Waals surface area contributed by atoms with Crippen LogP contribution >= 0.6 is 34.8 Å². The molecule has 0 spiro atoms. The molecule has 0 radical (unpaired) electrons. The van der Waals surface area contributed by atoms with Crippen molar-refractivity contribution in [1.29, 1.82) is 0 Å². The first kappa shape index (κ1) is 17.4. The van der Waals surface area contributed by atoms with E-state index in [0.29, 0.717) is 5.02 Å². The first-order chi connectivity index (χ1) is 10.9. The van der Waals surface area contributed by atoms with Gasteiger partial charge >= 0.3 is 0 Å². The van der Waals surface area contributed by atoms with Gasteiger partial charge in [-0.15, -0.1) is 0 Å². The second-order valence-electron chi connectivity index (χ2n) is 4.53. The Kier molecular flexibility index (Phi) is 5.71. The molecule has 0 aliphatic rings. The van der Waals surface area contributed by atoms with E-state index in [9.17, 15) is 4.79 Å². The van der Waals surface area contributed by atoms with Crippen LogP contribution in [0.1, 0.15) is 15.9 Å². The SMILES string of the molecule is NC(N)=NC(=O)c1cc(Cl)c(OCc2ccc(Cl)cc2)c(Cl)c1. The van der Waals surface area contributed by atoms with Crippen molar-refractivity contribution >= 4 is 46.7 Å². The van der Waals surface area contributed by atoms with Crippen molar-refractivity contribution in [2.45, 2.75) is 6.61 Å². The molecule has 0 aliphatic carbocycles. The third kappa shape index (κ3) is 4.76. The summed E-state index contributed by atoms with van der Waals surface area (Å²) in [7, 11) is 0. The Morgan fingerprint density at radius 2 is 1.61 bits per heavy atom. The van der Waals surface area contributed by atoms with Crippen molar-refractivity contribution < 1.29 is 9.53 Å². The predicted octanol–water partition coefficient (Wildman–Crippen LogP) is 3.64. The quantitative estimate of drug-likeness (QED) is 0.633. The van der Waals surface area contributed by atoms with Gasteiger partial charge in [0.2, 0.25) is 0 Å². The summed E-state index contributed by atoms with van der Waals surface area (Å²) < 4.78 is 5.61. The molecule has 0 heterocycles. The number of carbonyl (C=O) groups is 1. The van der Waals surface area contributed by atoms with Gasteiger partial charge in [0.15, 0.2) is 11.7 Å². The lowest BCUT2D eigenvalue weighted by Gasteiger charge is -2.11. The van der Waals surface area contributed by atoms with Crippen molar-refractivity contribution in [1.82, 2.24) is 0 Å². The highest BCUT2D eigenvalue weighted by atomic mass is 35.5. The van der Waals surface area contributed by atoms with E-state index < -0.39 is 5.91 Å². The molecular weight excluding hydrogens is 361 g/mol. The molecule has 1 amide bonds. The topological polar surface area (TPSA) is 90.7 Å². The zero-order valence-electron chi connectivity index (χ0n) is 11.7. The predicted molar refractivity (Wildman–Crippen MR) is 92.4 cm³/mol. The fourth-order valence-electron chi connectivity index (χ4n) is 1.74. The highest BCUT2D eigenvalue weighted by Gasteiger charge is 2.14. The number of hydrogen-bond acceptors (Lipinski definition) is 2. The average molecular weight is 373 g/mol. The summed E-state index contributed by atoms with van der Waals surface area (Å²) in [4.78, 5) is 15.2. The number of rotatable bonds is 4. The van der Waals surface area contributed by atoms with Gasteiger partial charge in [-0.1, -0.05) is 46.9 Å². The van der Waals surface area contributed by atoms with Crippen LogP contribution in [-0.2, 0) is 6.61 Å². The van der Waals surface area contributed by atoms with Crippen LogP contribution in [0.25, 0.3) is 0 Å². The molecule has 2 rings (SSSR count). The lowest BCUT2D eigenvalue weighted by Crippen LogP contribution is -2.24. The molecule has 120 valence electrons. The third-order valence-electron chi connectivity index (χ3n) is 2.77. The zero-order chi connectivity index (χ0) is 17.0. The summed E-state index contributed by atoms with van der Waals surface area (Å²) in [5.41, 5.74) is 11.4. The molecule has 0 unspecified atom stereocenters. The summed E-state index contributed by atoms with van der Waals surface area (Å²) in [6, 6.07) is 9.92. The number of aliphatic imine (C=N–C) groups is 1. The van der Waals surface area contributed by atoms with E-state index in [1.807, 2.05) is 12.1 Å². The number of ether oxygens (including phenoxy) is 1. The molecule has 5 nitrogen and oxygen atoms in total. The zero-order valence-corrected chi connectivity index (χ0v) is 14.0. The lowest BCUT2D eigenvalue weighted by atomic mass is 10.2. The molecule has 8 heteroatoms. The largest absolute Gasteiger partial charge is 0.486 e. The molecule has 2 aromatic rings. The van der Waals surface area contributed by atoms with Gasteiger partial charge in [-0.3, -0.25) is 4.79 Å². The summed E-state index contributed by atoms with van der Waals surface area (Å²) in [6.45, 7) is 0.248. The second kappa shape index (κ2) is 7.55. The molecule has 4 N–H and O–H groups in total. The number of nitrogens with zero attached hydrogens (tertiary/aromatic N) is 1. The van der Waals surface area contributed by atoms with E-state index in [-0.39, 0.29) is 33.9 Å². The van der Waals surface area contributed by atoms with Gasteiger partial charge in [0.25, 0.3) is 5.91 Å². The Hall–Kier alpha value is -1.95. The maximum Gasteiger partial charge on any atom is 0.280 e. The molecule has 0 saturated heterocycles. The highest BCUT2D eigenvalue weighted by Crippen LogP contribution is 2.35. The normalized spacial score (nSPS) is 10.2. The van der Waals surface area contributed by atoms with Gasteiger partial charge in [0, 0.05) is 10.6 Å². The lowest BCUT2D eigenvalue weighted by molar-refractivity contribution is 0.100. The van der Waals surface area contributed by atoms with Crippen LogP contribution in [0.4, 0.5) is 0 Å². The Morgan fingerprint density at radius 1 is 1.04 bits per heavy atom. The Labute approximate surface area is 147 Å². The van der Waals surface area contributed by atoms with E-state index in [2.05, 4.69) is 4.99 Å². The van der Waals surface area contributed by atoms with Crippen LogP contribution in [0.15, 0.2) is 41.4 Å². The van der Waals surface area contributed by atoms with Crippen molar-refractivity contribution in [2.75, 3.05) is 0 Å². The maximum absolute atomic E-state index is 11.8. The molecule has 0 aliphatic heterocycles. The molecule has 0 atom stereocenters. The fourth-order valence-corrected chi connectivity index (χ4v) is 2.46. The molecule has 0 fully saturated rings. The maximum atomic E-state index is 11.8. The number of amides is 1. The van der Waals surface area contributed by atoms with Crippen LogP contribution in [-0.4, -0.2) is 11.9 Å². The van der Waals surface area contributed by atoms with Crippen molar-refractivity contribution in [3.8, 4) is 5.75 Å². The van der Waals surface area contributed by atoms with E-state index in [0.717, 1.165) is 5.56 Å². The first-order valence-corrected chi connectivity index (χ1v) is 7.50. The minimum Gasteiger partial charge on any atom is -0.486 e. The molecule has 0 aromatic heterocycles. The molecule has 0 bridgehead atoms. The van der Waals surface area contributed by atoms with Crippen LogP contribution in [0.5, 0.6) is 5.75 Å². The molecule has 2 aromatic carbocycles. The minimum atomic E-state index is -0.641. The number of hydrogen-bond donors (Lipinski definition) is 2. The van der Waals surface area contributed by atoms with Crippen LogP contribution in [0.2, 0.25) is 15.1 Å². The van der Waals surface area contributed by atoms with E-state index in [1.165, 1.54) is 12.1 Å². The monoisotopic (exact) mass is 371 g/mol. The Bertz CT molecular complexity index is 734. The summed E-state index contributed by atoms with van der Waals surface area (Å²) in [5, 5.41) is 0.994. The van der Waals surface area contributed by atoms with Crippen molar-refractivity contribution in [2.24, 2.45) is 16.5 Å². The van der Waals surface area contributed by atoms with Gasteiger partial charge in [0.1, 0.15) is 6.61 Å². The van der Waals surface area contributed by atoms with Gasteiger partial charge in [0.05, 0.1) is 10.0 Å². The number of carbonyl (C=O) groups excluding carboxylic acids is 1. The highest BCUT2D eigenvalue weighted by molar-refractivity contribution is 6.37. The van der Waals surface area contributed by atoms with E-state index in [4.69, 9.17) is 51.0 Å². The average Bonchev–Trinajstić information content (AvgIpc) is 2.47. The van der Waals surface area contributed by atoms with Gasteiger partial charge in [-0.25, -0.2) is 0 Å². The summed E-state index contributed by atoms with van der Waals surface area (Å²) >= 11 is 18.0. The van der Waals surface area contributed by atoms with Crippen molar-refractivity contribution in [3.05, 3.63) is 62.6 Å². The first-order valence-electron chi connectivity index (χ1n) is 6.37. The number of benzene rings is 2. The van der Waals surface area contributed by atoms with Crippen LogP contribution in [0.3, 0.4) is 0 Å². The number of guanidine groups is 1. The van der Waals surface area contributed by atoms with E-state index >= 15 is 0 Å². The summed E-state index contributed by atoms with van der Waals surface area (Å²) in [6.07, 6.45) is 0. The van der Waals surface area contributed by atoms with E-state index in [1.54, 1.807) is 12.1 Å². The summed E-state index contributed by atoms with van der Waals surface area (Å²) in [5.74, 6) is -0.715. The van der Waals surface area contributed by atoms with Gasteiger partial charge in [-0.05, 0) is 29.8 Å².